The summed E-state index contributed by atoms with van der Waals surface area (Å²) >= 11 is 7.71. The lowest BCUT2D eigenvalue weighted by atomic mass is 10.1. The Labute approximate surface area is 181 Å². The number of anilines is 1. The number of nitrogens with one attached hydrogen (secondary N) is 2. The van der Waals surface area contributed by atoms with Crippen LogP contribution in [0.15, 0.2) is 72.8 Å². The second-order valence-corrected chi connectivity index (χ2v) is 8.02. The number of fused-ring (bicyclic) bond motifs is 1. The second-order valence-electron chi connectivity index (χ2n) is 6.59. The van der Waals surface area contributed by atoms with Gasteiger partial charge in [-0.1, -0.05) is 41.9 Å². The lowest BCUT2D eigenvalue weighted by Crippen LogP contribution is -2.22. The zero-order valence-corrected chi connectivity index (χ0v) is 17.2. The molecule has 4 aromatic rings. The van der Waals surface area contributed by atoms with E-state index in [4.69, 9.17) is 11.6 Å². The van der Waals surface area contributed by atoms with E-state index in [-0.39, 0.29) is 18.4 Å². The van der Waals surface area contributed by atoms with Crippen molar-refractivity contribution in [3.05, 3.63) is 99.6 Å². The summed E-state index contributed by atoms with van der Waals surface area (Å²) in [4.78, 5) is 25.4. The van der Waals surface area contributed by atoms with Crippen molar-refractivity contribution >= 4 is 50.5 Å². The number of amides is 2. The quantitative estimate of drug-likeness (QED) is 0.409. The van der Waals surface area contributed by atoms with E-state index >= 15 is 0 Å². The van der Waals surface area contributed by atoms with Crippen molar-refractivity contribution in [2.45, 2.75) is 6.54 Å². The second kappa shape index (κ2) is 8.65. The molecule has 150 valence electrons. The van der Waals surface area contributed by atoms with Crippen LogP contribution in [0.2, 0.25) is 5.02 Å². The summed E-state index contributed by atoms with van der Waals surface area (Å²) in [6, 6.07) is 20.1. The van der Waals surface area contributed by atoms with Gasteiger partial charge in [0.25, 0.3) is 11.8 Å². The highest BCUT2D eigenvalue weighted by Gasteiger charge is 2.16. The first-order valence-electron chi connectivity index (χ1n) is 9.12. The molecule has 0 atom stereocenters. The van der Waals surface area contributed by atoms with Gasteiger partial charge in [-0.3, -0.25) is 9.59 Å². The molecule has 3 aromatic carbocycles. The van der Waals surface area contributed by atoms with Crippen LogP contribution < -0.4 is 10.6 Å². The molecule has 0 unspecified atom stereocenters. The van der Waals surface area contributed by atoms with Gasteiger partial charge in [-0.05, 0) is 48.0 Å². The normalized spacial score (nSPS) is 10.7. The van der Waals surface area contributed by atoms with E-state index < -0.39 is 5.82 Å². The summed E-state index contributed by atoms with van der Waals surface area (Å²) in [6.07, 6.45) is 0. The Hall–Kier alpha value is -3.22. The van der Waals surface area contributed by atoms with Gasteiger partial charge in [0.05, 0.1) is 5.02 Å². The molecule has 2 N–H and O–H groups in total. The summed E-state index contributed by atoms with van der Waals surface area (Å²) in [5.74, 6) is -0.988. The van der Waals surface area contributed by atoms with E-state index in [1.54, 1.807) is 18.2 Å². The molecule has 30 heavy (non-hydrogen) atoms. The van der Waals surface area contributed by atoms with Crippen molar-refractivity contribution in [2.75, 3.05) is 5.32 Å². The minimum Gasteiger partial charge on any atom is -0.347 e. The molecule has 4 rings (SSSR count). The number of hydrogen-bond acceptors (Lipinski definition) is 3. The Balaban J connectivity index is 1.42. The van der Waals surface area contributed by atoms with Crippen molar-refractivity contribution in [1.82, 2.24) is 5.32 Å². The predicted molar refractivity (Wildman–Crippen MR) is 119 cm³/mol. The Bertz CT molecular complexity index is 1240. The summed E-state index contributed by atoms with van der Waals surface area (Å²) in [5.41, 5.74) is 1.75. The van der Waals surface area contributed by atoms with Gasteiger partial charge in [-0.2, -0.15) is 0 Å². The van der Waals surface area contributed by atoms with Crippen LogP contribution in [0.25, 0.3) is 10.1 Å². The van der Waals surface area contributed by atoms with E-state index in [1.165, 1.54) is 35.6 Å². The predicted octanol–water partition coefficient (Wildman–Crippen LogP) is 5.88. The highest BCUT2D eigenvalue weighted by Crippen LogP contribution is 2.35. The van der Waals surface area contributed by atoms with E-state index in [0.29, 0.717) is 21.2 Å². The molecule has 0 saturated carbocycles. The third kappa shape index (κ3) is 4.35. The molecule has 0 aliphatic carbocycles. The van der Waals surface area contributed by atoms with Gasteiger partial charge in [0, 0.05) is 27.9 Å². The number of rotatable bonds is 5. The fourth-order valence-corrected chi connectivity index (χ4v) is 4.42. The molecule has 0 fully saturated rings. The molecule has 0 spiro atoms. The van der Waals surface area contributed by atoms with Crippen LogP contribution in [-0.2, 0) is 6.54 Å². The molecule has 1 aromatic heterocycles. The van der Waals surface area contributed by atoms with Gasteiger partial charge < -0.3 is 10.6 Å². The maximum absolute atomic E-state index is 13.0. The van der Waals surface area contributed by atoms with E-state index in [0.717, 1.165) is 15.6 Å². The van der Waals surface area contributed by atoms with Crippen LogP contribution in [0.3, 0.4) is 0 Å². The van der Waals surface area contributed by atoms with Crippen LogP contribution in [0.5, 0.6) is 0 Å². The molecule has 2 amide bonds. The highest BCUT2D eigenvalue weighted by molar-refractivity contribution is 7.21. The largest absolute Gasteiger partial charge is 0.347 e. The van der Waals surface area contributed by atoms with Crippen molar-refractivity contribution in [3.8, 4) is 0 Å². The molecular weight excluding hydrogens is 423 g/mol. The zero-order chi connectivity index (χ0) is 21.1. The Kier molecular flexibility index (Phi) is 5.79. The van der Waals surface area contributed by atoms with Crippen molar-refractivity contribution in [2.24, 2.45) is 0 Å². The standard InChI is InChI=1S/C23H16ClFN2O2S/c24-20-18-6-1-2-7-19(18)30-21(20)23(29)26-13-14-4-3-5-17(12-14)27-22(28)15-8-10-16(25)11-9-15/h1-12H,13H2,(H,26,29)(H,27,28). The van der Waals surface area contributed by atoms with Gasteiger partial charge in [-0.15, -0.1) is 11.3 Å². The van der Waals surface area contributed by atoms with Crippen LogP contribution in [-0.4, -0.2) is 11.8 Å². The highest BCUT2D eigenvalue weighted by atomic mass is 35.5. The third-order valence-corrected chi connectivity index (χ3v) is 6.16. The van der Waals surface area contributed by atoms with Crippen molar-refractivity contribution in [3.63, 3.8) is 0 Å². The topological polar surface area (TPSA) is 58.2 Å². The van der Waals surface area contributed by atoms with E-state index in [1.807, 2.05) is 30.3 Å². The van der Waals surface area contributed by atoms with Crippen molar-refractivity contribution < 1.29 is 14.0 Å². The van der Waals surface area contributed by atoms with Gasteiger partial charge in [0.2, 0.25) is 0 Å². The first-order valence-corrected chi connectivity index (χ1v) is 10.3. The average Bonchev–Trinajstić information content (AvgIpc) is 3.10. The minimum absolute atomic E-state index is 0.248. The molecule has 0 aliphatic heterocycles. The first kappa shape index (κ1) is 20.1. The van der Waals surface area contributed by atoms with Gasteiger partial charge >= 0.3 is 0 Å². The maximum atomic E-state index is 13.0. The Morgan fingerprint density at radius 3 is 2.47 bits per heavy atom. The molecular formula is C23H16ClFN2O2S. The molecule has 1 heterocycles. The summed E-state index contributed by atoms with van der Waals surface area (Å²) < 4.78 is 14.0. The number of benzene rings is 3. The molecule has 7 heteroatoms. The molecule has 0 radical (unpaired) electrons. The maximum Gasteiger partial charge on any atom is 0.263 e. The smallest absolute Gasteiger partial charge is 0.263 e. The minimum atomic E-state index is -0.400. The number of halogens is 2. The summed E-state index contributed by atoms with van der Waals surface area (Å²) in [6.45, 7) is 0.281. The summed E-state index contributed by atoms with van der Waals surface area (Å²) in [7, 11) is 0. The van der Waals surface area contributed by atoms with Crippen LogP contribution in [0.4, 0.5) is 10.1 Å². The van der Waals surface area contributed by atoms with Crippen LogP contribution in [0.1, 0.15) is 25.6 Å². The van der Waals surface area contributed by atoms with Crippen LogP contribution in [0, 0.1) is 5.82 Å². The fraction of sp³-hybridized carbons (Fsp3) is 0.0435. The van der Waals surface area contributed by atoms with Gasteiger partial charge in [0.1, 0.15) is 10.7 Å². The SMILES string of the molecule is O=C(Nc1cccc(CNC(=O)c2sc3ccccc3c2Cl)c1)c1ccc(F)cc1. The number of thiophene rings is 1. The Morgan fingerprint density at radius 2 is 1.70 bits per heavy atom. The van der Waals surface area contributed by atoms with E-state index in [2.05, 4.69) is 10.6 Å². The molecule has 0 aliphatic rings. The number of carbonyl (C=O) groups is 2. The molecule has 0 saturated heterocycles. The van der Waals surface area contributed by atoms with Gasteiger partial charge in [-0.25, -0.2) is 4.39 Å². The average molecular weight is 439 g/mol. The lowest BCUT2D eigenvalue weighted by Gasteiger charge is -2.09. The fourth-order valence-electron chi connectivity index (χ4n) is 2.99. The first-order chi connectivity index (χ1) is 14.5. The van der Waals surface area contributed by atoms with E-state index in [9.17, 15) is 14.0 Å². The summed E-state index contributed by atoms with van der Waals surface area (Å²) in [5, 5.41) is 6.95. The Morgan fingerprint density at radius 1 is 0.933 bits per heavy atom. The molecule has 4 nitrogen and oxygen atoms in total. The monoisotopic (exact) mass is 438 g/mol. The lowest BCUT2D eigenvalue weighted by molar-refractivity contribution is 0.0954. The zero-order valence-electron chi connectivity index (χ0n) is 15.6. The number of carbonyl (C=O) groups excluding carboxylic acids is 2. The van der Waals surface area contributed by atoms with Crippen LogP contribution >= 0.6 is 22.9 Å². The third-order valence-electron chi connectivity index (χ3n) is 4.49. The van der Waals surface area contributed by atoms with Crippen molar-refractivity contribution in [1.29, 1.82) is 0 Å². The molecule has 0 bridgehead atoms. The number of hydrogen-bond donors (Lipinski definition) is 2. The van der Waals surface area contributed by atoms with Gasteiger partial charge in [0.15, 0.2) is 0 Å².